The van der Waals surface area contributed by atoms with Crippen LogP contribution in [0.15, 0.2) is 33.6 Å². The summed E-state index contributed by atoms with van der Waals surface area (Å²) in [6, 6.07) is 6.72. The average molecular weight is 391 g/mol. The first-order chi connectivity index (χ1) is 9.87. The van der Waals surface area contributed by atoms with Crippen molar-refractivity contribution >= 4 is 43.0 Å². The summed E-state index contributed by atoms with van der Waals surface area (Å²) in [5.41, 5.74) is 5.94. The summed E-state index contributed by atoms with van der Waals surface area (Å²) in [4.78, 5) is 1.78. The lowest BCUT2D eigenvalue weighted by atomic mass is 10.3. The Kier molecular flexibility index (Phi) is 4.92. The molecule has 1 heterocycles. The number of halogens is 1. The van der Waals surface area contributed by atoms with Crippen molar-refractivity contribution in [2.24, 2.45) is 5.73 Å². The number of sulfonamides is 1. The van der Waals surface area contributed by atoms with Crippen molar-refractivity contribution in [3.8, 4) is 5.75 Å². The number of rotatable bonds is 5. The minimum absolute atomic E-state index is 0.245. The van der Waals surface area contributed by atoms with Crippen molar-refractivity contribution in [1.82, 2.24) is 0 Å². The zero-order valence-corrected chi connectivity index (χ0v) is 14.7. The number of ether oxygens (including phenoxy) is 1. The minimum Gasteiger partial charge on any atom is -0.495 e. The average Bonchev–Trinajstić information content (AvgIpc) is 2.81. The Bertz CT molecular complexity index is 757. The molecule has 0 amide bonds. The third-order valence-electron chi connectivity index (χ3n) is 2.82. The summed E-state index contributed by atoms with van der Waals surface area (Å²) in [6.07, 6.45) is 0. The van der Waals surface area contributed by atoms with Crippen LogP contribution in [0.5, 0.6) is 5.75 Å². The molecule has 0 bridgehead atoms. The van der Waals surface area contributed by atoms with Crippen LogP contribution in [0.4, 0.5) is 5.69 Å². The van der Waals surface area contributed by atoms with E-state index < -0.39 is 10.0 Å². The van der Waals surface area contributed by atoms with Crippen LogP contribution < -0.4 is 15.2 Å². The van der Waals surface area contributed by atoms with Gasteiger partial charge in [0.25, 0.3) is 10.0 Å². The summed E-state index contributed by atoms with van der Waals surface area (Å²) in [5, 5.41) is 0. The molecule has 8 heteroatoms. The van der Waals surface area contributed by atoms with Gasteiger partial charge in [-0.15, -0.1) is 11.3 Å². The fourth-order valence-corrected chi connectivity index (χ4v) is 4.79. The third kappa shape index (κ3) is 3.57. The van der Waals surface area contributed by atoms with Gasteiger partial charge in [-0.25, -0.2) is 8.42 Å². The van der Waals surface area contributed by atoms with Crippen molar-refractivity contribution in [3.63, 3.8) is 0 Å². The summed E-state index contributed by atoms with van der Waals surface area (Å²) in [7, 11) is -2.19. The standard InChI is InChI=1S/C13H15BrN2O3S2/c1-8-13(6-10(7-15)20-8)21(17,18)16-11-5-9(14)3-4-12(11)19-2/h3-6,16H,7,15H2,1-2H3. The topological polar surface area (TPSA) is 81.4 Å². The van der Waals surface area contributed by atoms with Crippen LogP contribution in [0.25, 0.3) is 0 Å². The Morgan fingerprint density at radius 3 is 2.67 bits per heavy atom. The molecule has 0 aliphatic rings. The smallest absolute Gasteiger partial charge is 0.263 e. The van der Waals surface area contributed by atoms with Crippen molar-refractivity contribution in [3.05, 3.63) is 38.5 Å². The van der Waals surface area contributed by atoms with Crippen LogP contribution in [0.3, 0.4) is 0 Å². The lowest BCUT2D eigenvalue weighted by Crippen LogP contribution is -2.14. The highest BCUT2D eigenvalue weighted by molar-refractivity contribution is 9.10. The Labute approximate surface area is 136 Å². The largest absolute Gasteiger partial charge is 0.495 e. The second kappa shape index (κ2) is 6.35. The first-order valence-electron chi connectivity index (χ1n) is 6.03. The molecule has 2 rings (SSSR count). The Morgan fingerprint density at radius 1 is 1.38 bits per heavy atom. The number of anilines is 1. The lowest BCUT2D eigenvalue weighted by molar-refractivity contribution is 0.417. The number of hydrogen-bond donors (Lipinski definition) is 2. The fraction of sp³-hybridized carbons (Fsp3) is 0.231. The molecule has 0 radical (unpaired) electrons. The maximum Gasteiger partial charge on any atom is 0.263 e. The second-order valence-corrected chi connectivity index (χ2v) is 8.19. The first kappa shape index (κ1) is 16.3. The van der Waals surface area contributed by atoms with Gasteiger partial charge in [0.2, 0.25) is 0 Å². The molecule has 0 unspecified atom stereocenters. The van der Waals surface area contributed by atoms with Gasteiger partial charge in [-0.05, 0) is 31.2 Å². The number of benzene rings is 1. The van der Waals surface area contributed by atoms with Crippen molar-refractivity contribution < 1.29 is 13.2 Å². The second-order valence-electron chi connectivity index (χ2n) is 4.29. The molecule has 2 aromatic rings. The van der Waals surface area contributed by atoms with Crippen LogP contribution in [0.1, 0.15) is 9.75 Å². The van der Waals surface area contributed by atoms with E-state index >= 15 is 0 Å². The summed E-state index contributed by atoms with van der Waals surface area (Å²) in [5.74, 6) is 0.453. The van der Waals surface area contributed by atoms with E-state index in [1.165, 1.54) is 18.4 Å². The molecule has 1 aromatic heterocycles. The highest BCUT2D eigenvalue weighted by Crippen LogP contribution is 2.32. The van der Waals surface area contributed by atoms with E-state index in [1.54, 1.807) is 31.2 Å². The third-order valence-corrected chi connectivity index (χ3v) is 6.01. The molecule has 0 spiro atoms. The van der Waals surface area contributed by atoms with E-state index in [2.05, 4.69) is 20.7 Å². The Balaban J connectivity index is 2.41. The van der Waals surface area contributed by atoms with Crippen LogP contribution in [0.2, 0.25) is 0 Å². The van der Waals surface area contributed by atoms with Crippen LogP contribution in [0, 0.1) is 6.92 Å². The molecule has 21 heavy (non-hydrogen) atoms. The summed E-state index contributed by atoms with van der Waals surface area (Å²) in [6.45, 7) is 2.08. The number of nitrogens with two attached hydrogens (primary N) is 1. The predicted octanol–water partition coefficient (Wildman–Crippen LogP) is 3.09. The van der Waals surface area contributed by atoms with Gasteiger partial charge in [-0.3, -0.25) is 4.72 Å². The van der Waals surface area contributed by atoms with Crippen molar-refractivity contribution in [1.29, 1.82) is 0 Å². The zero-order chi connectivity index (χ0) is 15.6. The molecule has 1 aromatic carbocycles. The Morgan fingerprint density at radius 2 is 2.10 bits per heavy atom. The van der Waals surface area contributed by atoms with Gasteiger partial charge in [-0.2, -0.15) is 0 Å². The predicted molar refractivity (Wildman–Crippen MR) is 88.4 cm³/mol. The molecule has 3 N–H and O–H groups in total. The van der Waals surface area contributed by atoms with Gasteiger partial charge in [0.05, 0.1) is 12.8 Å². The van der Waals surface area contributed by atoms with E-state index in [1.807, 2.05) is 0 Å². The molecule has 0 atom stereocenters. The van der Waals surface area contributed by atoms with Gasteiger partial charge in [0.1, 0.15) is 10.6 Å². The van der Waals surface area contributed by atoms with E-state index in [0.29, 0.717) is 22.9 Å². The Hall–Kier alpha value is -1.09. The van der Waals surface area contributed by atoms with Gasteiger partial charge in [0, 0.05) is 20.8 Å². The van der Waals surface area contributed by atoms with Crippen LogP contribution in [-0.4, -0.2) is 15.5 Å². The van der Waals surface area contributed by atoms with Gasteiger partial charge >= 0.3 is 0 Å². The number of aryl methyl sites for hydroxylation is 1. The summed E-state index contributed by atoms with van der Waals surface area (Å²) < 4.78 is 33.5. The molecule has 114 valence electrons. The maximum absolute atomic E-state index is 12.5. The van der Waals surface area contributed by atoms with Gasteiger partial charge in [0.15, 0.2) is 0 Å². The quantitative estimate of drug-likeness (QED) is 0.821. The molecule has 0 saturated heterocycles. The van der Waals surface area contributed by atoms with Gasteiger partial charge in [-0.1, -0.05) is 15.9 Å². The van der Waals surface area contributed by atoms with E-state index in [-0.39, 0.29) is 4.90 Å². The number of hydrogen-bond acceptors (Lipinski definition) is 5. The lowest BCUT2D eigenvalue weighted by Gasteiger charge is -2.12. The maximum atomic E-state index is 12.5. The number of thiophene rings is 1. The van der Waals surface area contributed by atoms with E-state index in [0.717, 1.165) is 9.35 Å². The van der Waals surface area contributed by atoms with E-state index in [9.17, 15) is 8.42 Å². The van der Waals surface area contributed by atoms with Crippen molar-refractivity contribution in [2.75, 3.05) is 11.8 Å². The van der Waals surface area contributed by atoms with Crippen LogP contribution >= 0.6 is 27.3 Å². The van der Waals surface area contributed by atoms with Crippen LogP contribution in [-0.2, 0) is 16.6 Å². The fourth-order valence-electron chi connectivity index (χ4n) is 1.85. The molecule has 0 fully saturated rings. The zero-order valence-electron chi connectivity index (χ0n) is 11.5. The molecular formula is C13H15BrN2O3S2. The van der Waals surface area contributed by atoms with Gasteiger partial charge < -0.3 is 10.5 Å². The normalized spacial score (nSPS) is 11.4. The number of methoxy groups -OCH3 is 1. The minimum atomic E-state index is -3.68. The highest BCUT2D eigenvalue weighted by Gasteiger charge is 2.21. The molecule has 0 aliphatic heterocycles. The highest BCUT2D eigenvalue weighted by atomic mass is 79.9. The molecular weight excluding hydrogens is 376 g/mol. The van der Waals surface area contributed by atoms with E-state index in [4.69, 9.17) is 10.5 Å². The molecule has 0 aliphatic carbocycles. The molecule has 5 nitrogen and oxygen atoms in total. The number of nitrogens with one attached hydrogen (secondary N) is 1. The van der Waals surface area contributed by atoms with Crippen molar-refractivity contribution in [2.45, 2.75) is 18.4 Å². The molecule has 0 saturated carbocycles. The SMILES string of the molecule is COc1ccc(Br)cc1NS(=O)(=O)c1cc(CN)sc1C. The monoisotopic (exact) mass is 390 g/mol. The summed E-state index contributed by atoms with van der Waals surface area (Å²) >= 11 is 4.69. The first-order valence-corrected chi connectivity index (χ1v) is 9.12.